The molecule has 0 spiro atoms. The Hall–Kier alpha value is -2.00. The van der Waals surface area contributed by atoms with Crippen LogP contribution in [0.2, 0.25) is 0 Å². The molecule has 0 aliphatic carbocycles. The summed E-state index contributed by atoms with van der Waals surface area (Å²) in [5, 5.41) is 10.7. The SMILES string of the molecule is O=C(CC(F)(F)F)NCc1ccc(C#CCO)cc1. The Morgan fingerprint density at radius 3 is 2.42 bits per heavy atom. The van der Waals surface area contributed by atoms with Crippen molar-refractivity contribution in [3.05, 3.63) is 35.4 Å². The van der Waals surface area contributed by atoms with Crippen molar-refractivity contribution in [2.24, 2.45) is 0 Å². The van der Waals surface area contributed by atoms with Crippen LogP contribution < -0.4 is 5.32 Å². The van der Waals surface area contributed by atoms with Gasteiger partial charge in [0.25, 0.3) is 0 Å². The molecule has 3 nitrogen and oxygen atoms in total. The molecule has 0 unspecified atom stereocenters. The van der Waals surface area contributed by atoms with Crippen LogP contribution in [-0.2, 0) is 11.3 Å². The summed E-state index contributed by atoms with van der Waals surface area (Å²) in [6, 6.07) is 6.62. The van der Waals surface area contributed by atoms with Gasteiger partial charge in [0.05, 0.1) is 0 Å². The van der Waals surface area contributed by atoms with Gasteiger partial charge in [-0.2, -0.15) is 13.2 Å². The highest BCUT2D eigenvalue weighted by Gasteiger charge is 2.30. The number of nitrogens with one attached hydrogen (secondary N) is 1. The average molecular weight is 271 g/mol. The fraction of sp³-hybridized carbons (Fsp3) is 0.308. The van der Waals surface area contributed by atoms with Crippen LogP contribution >= 0.6 is 0 Å². The van der Waals surface area contributed by atoms with Crippen LogP contribution in [0.1, 0.15) is 17.5 Å². The van der Waals surface area contributed by atoms with Gasteiger partial charge in [0.15, 0.2) is 0 Å². The van der Waals surface area contributed by atoms with Gasteiger partial charge in [-0.3, -0.25) is 4.79 Å². The van der Waals surface area contributed by atoms with Crippen LogP contribution in [0.4, 0.5) is 13.2 Å². The van der Waals surface area contributed by atoms with Crippen molar-refractivity contribution in [3.63, 3.8) is 0 Å². The molecule has 0 aliphatic heterocycles. The molecule has 1 rings (SSSR count). The lowest BCUT2D eigenvalue weighted by Gasteiger charge is -2.07. The second-order valence-corrected chi connectivity index (χ2v) is 3.73. The average Bonchev–Trinajstić information content (AvgIpc) is 2.33. The zero-order chi connectivity index (χ0) is 14.3. The molecule has 1 aromatic carbocycles. The van der Waals surface area contributed by atoms with E-state index >= 15 is 0 Å². The first-order valence-corrected chi connectivity index (χ1v) is 5.43. The molecule has 0 heterocycles. The summed E-state index contributed by atoms with van der Waals surface area (Å²) in [6.45, 7) is -0.210. The molecule has 0 radical (unpaired) electrons. The Labute approximate surface area is 108 Å². The van der Waals surface area contributed by atoms with E-state index in [4.69, 9.17) is 5.11 Å². The lowest BCUT2D eigenvalue weighted by Crippen LogP contribution is -2.28. The molecule has 0 aromatic heterocycles. The normalized spacial score (nSPS) is 10.5. The zero-order valence-corrected chi connectivity index (χ0v) is 9.92. The van der Waals surface area contributed by atoms with Crippen molar-refractivity contribution in [3.8, 4) is 11.8 Å². The Morgan fingerprint density at radius 2 is 1.89 bits per heavy atom. The minimum Gasteiger partial charge on any atom is -0.384 e. The number of carbonyl (C=O) groups is 1. The van der Waals surface area contributed by atoms with Crippen molar-refractivity contribution in [2.75, 3.05) is 6.61 Å². The summed E-state index contributed by atoms with van der Waals surface area (Å²) < 4.78 is 35.7. The number of halogens is 3. The lowest BCUT2D eigenvalue weighted by molar-refractivity contribution is -0.153. The van der Waals surface area contributed by atoms with Crippen molar-refractivity contribution >= 4 is 5.91 Å². The number of hydrogen-bond acceptors (Lipinski definition) is 2. The van der Waals surface area contributed by atoms with Gasteiger partial charge in [-0.15, -0.1) is 0 Å². The van der Waals surface area contributed by atoms with Gasteiger partial charge in [0, 0.05) is 12.1 Å². The van der Waals surface area contributed by atoms with E-state index in [-0.39, 0.29) is 13.2 Å². The lowest BCUT2D eigenvalue weighted by atomic mass is 10.1. The van der Waals surface area contributed by atoms with Crippen molar-refractivity contribution in [2.45, 2.75) is 19.1 Å². The van der Waals surface area contributed by atoms with E-state index in [1.54, 1.807) is 24.3 Å². The number of benzene rings is 1. The molecule has 1 aromatic rings. The summed E-state index contributed by atoms with van der Waals surface area (Å²) in [7, 11) is 0. The van der Waals surface area contributed by atoms with E-state index in [1.807, 2.05) is 0 Å². The second kappa shape index (κ2) is 6.81. The summed E-state index contributed by atoms with van der Waals surface area (Å²) in [5.74, 6) is 4.09. The van der Waals surface area contributed by atoms with E-state index in [2.05, 4.69) is 17.2 Å². The first-order valence-electron chi connectivity index (χ1n) is 5.43. The third-order valence-corrected chi connectivity index (χ3v) is 2.12. The number of amides is 1. The van der Waals surface area contributed by atoms with E-state index in [0.717, 1.165) is 0 Å². The Balaban J connectivity index is 2.48. The van der Waals surface area contributed by atoms with Gasteiger partial charge in [0.1, 0.15) is 13.0 Å². The fourth-order valence-electron chi connectivity index (χ4n) is 1.29. The molecule has 0 saturated heterocycles. The summed E-state index contributed by atoms with van der Waals surface area (Å²) in [4.78, 5) is 11.0. The number of aliphatic hydroxyl groups is 1. The van der Waals surface area contributed by atoms with Crippen LogP contribution in [0, 0.1) is 11.8 Å². The van der Waals surface area contributed by atoms with Crippen LogP contribution in [-0.4, -0.2) is 23.8 Å². The highest BCUT2D eigenvalue weighted by atomic mass is 19.4. The van der Waals surface area contributed by atoms with Crippen molar-refractivity contribution in [1.29, 1.82) is 0 Å². The minimum absolute atomic E-state index is 0.0304. The number of carbonyl (C=O) groups excluding carboxylic acids is 1. The molecule has 0 saturated carbocycles. The van der Waals surface area contributed by atoms with Crippen molar-refractivity contribution in [1.82, 2.24) is 5.32 Å². The molecule has 2 N–H and O–H groups in total. The minimum atomic E-state index is -4.49. The second-order valence-electron chi connectivity index (χ2n) is 3.73. The third-order valence-electron chi connectivity index (χ3n) is 2.12. The predicted molar refractivity (Wildman–Crippen MR) is 62.9 cm³/mol. The Kier molecular flexibility index (Phi) is 5.39. The third kappa shape index (κ3) is 6.48. The maximum Gasteiger partial charge on any atom is 0.397 e. The fourth-order valence-corrected chi connectivity index (χ4v) is 1.29. The molecular weight excluding hydrogens is 259 g/mol. The monoisotopic (exact) mass is 271 g/mol. The molecule has 19 heavy (non-hydrogen) atoms. The topological polar surface area (TPSA) is 49.3 Å². The Morgan fingerprint density at radius 1 is 1.26 bits per heavy atom. The molecule has 0 aliphatic rings. The molecule has 6 heteroatoms. The van der Waals surface area contributed by atoms with Gasteiger partial charge in [0.2, 0.25) is 5.91 Å². The van der Waals surface area contributed by atoms with Gasteiger partial charge in [-0.1, -0.05) is 24.0 Å². The number of aliphatic hydroxyl groups excluding tert-OH is 1. The first kappa shape index (κ1) is 15.1. The summed E-state index contributed by atoms with van der Waals surface area (Å²) in [6.07, 6.45) is -5.97. The highest BCUT2D eigenvalue weighted by molar-refractivity contribution is 5.76. The Bertz CT molecular complexity index is 483. The highest BCUT2D eigenvalue weighted by Crippen LogP contribution is 2.18. The molecule has 0 fully saturated rings. The molecular formula is C13H12F3NO2. The van der Waals surface area contributed by atoms with E-state index < -0.39 is 18.5 Å². The largest absolute Gasteiger partial charge is 0.397 e. The number of rotatable bonds is 3. The van der Waals surface area contributed by atoms with Crippen LogP contribution in [0.15, 0.2) is 24.3 Å². The van der Waals surface area contributed by atoms with Gasteiger partial charge >= 0.3 is 6.18 Å². The number of hydrogen-bond donors (Lipinski definition) is 2. The van der Waals surface area contributed by atoms with Gasteiger partial charge in [-0.05, 0) is 17.7 Å². The molecule has 102 valence electrons. The van der Waals surface area contributed by atoms with Crippen LogP contribution in [0.5, 0.6) is 0 Å². The van der Waals surface area contributed by atoms with E-state index in [0.29, 0.717) is 11.1 Å². The smallest absolute Gasteiger partial charge is 0.384 e. The summed E-state index contributed by atoms with van der Waals surface area (Å²) in [5.41, 5.74) is 1.35. The quantitative estimate of drug-likeness (QED) is 0.820. The maximum atomic E-state index is 11.9. The van der Waals surface area contributed by atoms with Crippen LogP contribution in [0.25, 0.3) is 0 Å². The van der Waals surface area contributed by atoms with E-state index in [1.165, 1.54) is 0 Å². The van der Waals surface area contributed by atoms with Crippen molar-refractivity contribution < 1.29 is 23.1 Å². The number of alkyl halides is 3. The predicted octanol–water partition coefficient (Wildman–Crippen LogP) is 1.60. The van der Waals surface area contributed by atoms with E-state index in [9.17, 15) is 18.0 Å². The summed E-state index contributed by atoms with van der Waals surface area (Å²) >= 11 is 0. The maximum absolute atomic E-state index is 11.9. The standard InChI is InChI=1S/C13H12F3NO2/c14-13(15,16)8-12(19)17-9-11-5-3-10(4-6-11)2-1-7-18/h3-6,18H,7-9H2,(H,17,19). The van der Waals surface area contributed by atoms with Gasteiger partial charge in [-0.25, -0.2) is 0 Å². The van der Waals surface area contributed by atoms with Gasteiger partial charge < -0.3 is 10.4 Å². The van der Waals surface area contributed by atoms with Crippen LogP contribution in [0.3, 0.4) is 0 Å². The zero-order valence-electron chi connectivity index (χ0n) is 9.92. The molecule has 1 amide bonds. The molecule has 0 bridgehead atoms. The first-order chi connectivity index (χ1) is 8.90. The molecule has 0 atom stereocenters.